The summed E-state index contributed by atoms with van der Waals surface area (Å²) in [6.45, 7) is 8.77. The van der Waals surface area contributed by atoms with Crippen molar-refractivity contribution >= 4 is 0 Å². The Balaban J connectivity index is 1.99. The normalized spacial score (nSPS) is 19.7. The Kier molecular flexibility index (Phi) is 4.08. The van der Waals surface area contributed by atoms with E-state index < -0.39 is 0 Å². The molecular weight excluding hydrogens is 220 g/mol. The third-order valence-electron chi connectivity index (χ3n) is 3.55. The van der Waals surface area contributed by atoms with Crippen molar-refractivity contribution in [2.45, 2.75) is 52.6 Å². The molecule has 0 saturated heterocycles. The van der Waals surface area contributed by atoms with Gasteiger partial charge in [0.2, 0.25) is 0 Å². The Bertz CT molecular complexity index is 404. The second-order valence-electron chi connectivity index (χ2n) is 6.70. The Morgan fingerprint density at radius 1 is 1.33 bits per heavy atom. The Labute approximate surface area is 111 Å². The van der Waals surface area contributed by atoms with Crippen molar-refractivity contribution in [2.24, 2.45) is 11.1 Å². The topological polar surface area (TPSA) is 38.0 Å². The lowest BCUT2D eigenvalue weighted by molar-refractivity contribution is 0.379. The molecular formula is C16H26N2. The maximum absolute atomic E-state index is 6.14. The number of nitrogens with two attached hydrogens (primary N) is 1. The van der Waals surface area contributed by atoms with Crippen LogP contribution in [0.15, 0.2) is 18.2 Å². The molecule has 1 aromatic carbocycles. The highest BCUT2D eigenvalue weighted by atomic mass is 14.9. The van der Waals surface area contributed by atoms with Gasteiger partial charge >= 0.3 is 0 Å². The van der Waals surface area contributed by atoms with Crippen LogP contribution in [0.25, 0.3) is 0 Å². The third kappa shape index (κ3) is 3.56. The van der Waals surface area contributed by atoms with Gasteiger partial charge in [-0.25, -0.2) is 0 Å². The van der Waals surface area contributed by atoms with Crippen LogP contribution < -0.4 is 11.1 Å². The molecule has 0 aromatic heterocycles. The van der Waals surface area contributed by atoms with Crippen LogP contribution in [0.1, 0.15) is 56.3 Å². The Morgan fingerprint density at radius 3 is 2.83 bits per heavy atom. The molecule has 0 fully saturated rings. The van der Waals surface area contributed by atoms with E-state index in [1.165, 1.54) is 29.5 Å². The number of benzene rings is 1. The van der Waals surface area contributed by atoms with Gasteiger partial charge in [-0.1, -0.05) is 39.0 Å². The Hall–Kier alpha value is -0.860. The molecule has 0 heterocycles. The Morgan fingerprint density at radius 2 is 2.11 bits per heavy atom. The van der Waals surface area contributed by atoms with Crippen LogP contribution >= 0.6 is 0 Å². The smallest absolute Gasteiger partial charge is 0.0297 e. The van der Waals surface area contributed by atoms with Crippen molar-refractivity contribution < 1.29 is 0 Å². The van der Waals surface area contributed by atoms with Gasteiger partial charge in [-0.2, -0.15) is 0 Å². The maximum Gasteiger partial charge on any atom is 0.0297 e. The molecule has 1 unspecified atom stereocenters. The van der Waals surface area contributed by atoms with Gasteiger partial charge in [-0.3, -0.25) is 0 Å². The predicted molar refractivity (Wildman–Crippen MR) is 77.5 cm³/mol. The van der Waals surface area contributed by atoms with Gasteiger partial charge in [0.25, 0.3) is 0 Å². The van der Waals surface area contributed by atoms with E-state index in [1.54, 1.807) is 0 Å². The number of aryl methyl sites for hydroxylation is 1. The van der Waals surface area contributed by atoms with Gasteiger partial charge < -0.3 is 11.1 Å². The lowest BCUT2D eigenvalue weighted by Gasteiger charge is -2.23. The van der Waals surface area contributed by atoms with E-state index in [-0.39, 0.29) is 6.04 Å². The molecule has 2 nitrogen and oxygen atoms in total. The highest BCUT2D eigenvalue weighted by molar-refractivity contribution is 5.35. The van der Waals surface area contributed by atoms with E-state index in [2.05, 4.69) is 44.3 Å². The third-order valence-corrected chi connectivity index (χ3v) is 3.55. The first-order valence-electron chi connectivity index (χ1n) is 7.04. The molecule has 0 amide bonds. The zero-order valence-electron chi connectivity index (χ0n) is 11.9. The molecule has 2 rings (SSSR count). The molecule has 3 N–H and O–H groups in total. The van der Waals surface area contributed by atoms with Crippen molar-refractivity contribution in [1.82, 2.24) is 5.32 Å². The number of rotatable bonds is 3. The highest BCUT2D eigenvalue weighted by Crippen LogP contribution is 2.28. The zero-order chi connectivity index (χ0) is 13.2. The summed E-state index contributed by atoms with van der Waals surface area (Å²) in [5, 5.41) is 3.53. The van der Waals surface area contributed by atoms with Gasteiger partial charge in [0.05, 0.1) is 0 Å². The first-order chi connectivity index (χ1) is 8.46. The molecule has 2 heteroatoms. The molecule has 1 aliphatic rings. The van der Waals surface area contributed by atoms with Crippen molar-refractivity contribution in [2.75, 3.05) is 6.54 Å². The summed E-state index contributed by atoms with van der Waals surface area (Å²) in [5.41, 5.74) is 10.7. The van der Waals surface area contributed by atoms with Gasteiger partial charge in [0, 0.05) is 19.1 Å². The SMILES string of the molecule is CC(C)(C)CNCc1ccc2c(c1)CCCC2N. The molecule has 0 spiro atoms. The lowest BCUT2D eigenvalue weighted by Crippen LogP contribution is -2.26. The largest absolute Gasteiger partial charge is 0.324 e. The lowest BCUT2D eigenvalue weighted by atomic mass is 9.87. The molecule has 0 saturated carbocycles. The minimum Gasteiger partial charge on any atom is -0.324 e. The average Bonchev–Trinajstić information content (AvgIpc) is 2.27. The summed E-state index contributed by atoms with van der Waals surface area (Å²) in [4.78, 5) is 0. The van der Waals surface area contributed by atoms with E-state index in [0.29, 0.717) is 5.41 Å². The molecule has 0 radical (unpaired) electrons. The first kappa shape index (κ1) is 13.6. The van der Waals surface area contributed by atoms with Gasteiger partial charge in [0.15, 0.2) is 0 Å². The van der Waals surface area contributed by atoms with E-state index in [0.717, 1.165) is 19.5 Å². The van der Waals surface area contributed by atoms with Crippen LogP contribution in [-0.4, -0.2) is 6.54 Å². The quantitative estimate of drug-likeness (QED) is 0.859. The number of fused-ring (bicyclic) bond motifs is 1. The molecule has 1 aliphatic carbocycles. The number of nitrogens with one attached hydrogen (secondary N) is 1. The fourth-order valence-electron chi connectivity index (χ4n) is 2.60. The molecule has 1 atom stereocenters. The number of hydrogen-bond donors (Lipinski definition) is 2. The van der Waals surface area contributed by atoms with Gasteiger partial charge in [-0.05, 0) is 41.4 Å². The van der Waals surface area contributed by atoms with E-state index >= 15 is 0 Å². The molecule has 0 bridgehead atoms. The van der Waals surface area contributed by atoms with Crippen LogP contribution in [0, 0.1) is 5.41 Å². The van der Waals surface area contributed by atoms with Crippen LogP contribution in [0.5, 0.6) is 0 Å². The highest BCUT2D eigenvalue weighted by Gasteiger charge is 2.16. The van der Waals surface area contributed by atoms with E-state index in [1.807, 2.05) is 0 Å². The summed E-state index contributed by atoms with van der Waals surface area (Å²) in [6, 6.07) is 7.04. The number of hydrogen-bond acceptors (Lipinski definition) is 2. The van der Waals surface area contributed by atoms with Crippen molar-refractivity contribution in [3.05, 3.63) is 34.9 Å². The van der Waals surface area contributed by atoms with Crippen LogP contribution in [0.4, 0.5) is 0 Å². The average molecular weight is 246 g/mol. The van der Waals surface area contributed by atoms with Crippen molar-refractivity contribution in [3.8, 4) is 0 Å². The summed E-state index contributed by atoms with van der Waals surface area (Å²) in [5.74, 6) is 0. The fourth-order valence-corrected chi connectivity index (χ4v) is 2.60. The van der Waals surface area contributed by atoms with Gasteiger partial charge in [0.1, 0.15) is 0 Å². The minimum atomic E-state index is 0.255. The zero-order valence-corrected chi connectivity index (χ0v) is 11.9. The predicted octanol–water partition coefficient (Wildman–Crippen LogP) is 3.16. The monoisotopic (exact) mass is 246 g/mol. The second-order valence-corrected chi connectivity index (χ2v) is 6.70. The molecule has 0 aliphatic heterocycles. The van der Waals surface area contributed by atoms with Crippen LogP contribution in [0.3, 0.4) is 0 Å². The summed E-state index contributed by atoms with van der Waals surface area (Å²) in [6.07, 6.45) is 3.55. The fraction of sp³-hybridized carbons (Fsp3) is 0.625. The maximum atomic E-state index is 6.14. The first-order valence-corrected chi connectivity index (χ1v) is 7.04. The molecule has 1 aromatic rings. The van der Waals surface area contributed by atoms with Crippen LogP contribution in [-0.2, 0) is 13.0 Å². The van der Waals surface area contributed by atoms with Crippen molar-refractivity contribution in [3.63, 3.8) is 0 Å². The molecule has 18 heavy (non-hydrogen) atoms. The second kappa shape index (κ2) is 5.41. The van der Waals surface area contributed by atoms with E-state index in [9.17, 15) is 0 Å². The summed E-state index contributed by atoms with van der Waals surface area (Å²) < 4.78 is 0. The van der Waals surface area contributed by atoms with Gasteiger partial charge in [-0.15, -0.1) is 0 Å². The van der Waals surface area contributed by atoms with Crippen LogP contribution in [0.2, 0.25) is 0 Å². The molecule has 100 valence electrons. The minimum absolute atomic E-state index is 0.255. The van der Waals surface area contributed by atoms with E-state index in [4.69, 9.17) is 5.73 Å². The summed E-state index contributed by atoms with van der Waals surface area (Å²) in [7, 11) is 0. The standard InChI is InChI=1S/C16H26N2/c1-16(2,3)11-18-10-12-7-8-14-13(9-12)5-4-6-15(14)17/h7-9,15,18H,4-6,10-11,17H2,1-3H3. The van der Waals surface area contributed by atoms with Crippen molar-refractivity contribution in [1.29, 1.82) is 0 Å². The summed E-state index contributed by atoms with van der Waals surface area (Å²) >= 11 is 0.